The van der Waals surface area contributed by atoms with Gasteiger partial charge >= 0.3 is 0 Å². The van der Waals surface area contributed by atoms with Gasteiger partial charge in [0.2, 0.25) is 0 Å². The van der Waals surface area contributed by atoms with Crippen LogP contribution in [-0.4, -0.2) is 5.78 Å². The second-order valence-electron chi connectivity index (χ2n) is 3.95. The molecule has 2 fully saturated rings. The standard InChI is InChI=1S/C9H14O/c10-8-6-9(7-8)4-2-1-3-5-9/h1-7H2. The van der Waals surface area contributed by atoms with E-state index in [-0.39, 0.29) is 0 Å². The monoisotopic (exact) mass is 138 g/mol. The molecule has 0 saturated heterocycles. The van der Waals surface area contributed by atoms with Crippen molar-refractivity contribution in [2.45, 2.75) is 44.9 Å². The van der Waals surface area contributed by atoms with E-state index < -0.39 is 0 Å². The van der Waals surface area contributed by atoms with Gasteiger partial charge in [-0.15, -0.1) is 0 Å². The van der Waals surface area contributed by atoms with Gasteiger partial charge in [0, 0.05) is 12.8 Å². The Balaban J connectivity index is 1.96. The molecule has 0 N–H and O–H groups in total. The van der Waals surface area contributed by atoms with Gasteiger partial charge in [0.15, 0.2) is 0 Å². The van der Waals surface area contributed by atoms with Crippen molar-refractivity contribution in [3.63, 3.8) is 0 Å². The van der Waals surface area contributed by atoms with Crippen molar-refractivity contribution < 1.29 is 4.79 Å². The number of hydrogen-bond acceptors (Lipinski definition) is 1. The van der Waals surface area contributed by atoms with Crippen molar-refractivity contribution in [2.75, 3.05) is 0 Å². The fourth-order valence-corrected chi connectivity index (χ4v) is 2.44. The lowest BCUT2D eigenvalue weighted by atomic mass is 9.60. The number of rotatable bonds is 0. The van der Waals surface area contributed by atoms with Crippen LogP contribution in [0.15, 0.2) is 0 Å². The zero-order valence-corrected chi connectivity index (χ0v) is 6.36. The van der Waals surface area contributed by atoms with Gasteiger partial charge < -0.3 is 0 Å². The number of ketones is 1. The van der Waals surface area contributed by atoms with Gasteiger partial charge in [-0.05, 0) is 18.3 Å². The second kappa shape index (κ2) is 2.08. The molecule has 2 aliphatic carbocycles. The molecule has 0 bridgehead atoms. The van der Waals surface area contributed by atoms with Crippen molar-refractivity contribution in [3.8, 4) is 0 Å². The van der Waals surface area contributed by atoms with Crippen LogP contribution >= 0.6 is 0 Å². The summed E-state index contributed by atoms with van der Waals surface area (Å²) in [6.07, 6.45) is 8.62. The van der Waals surface area contributed by atoms with Gasteiger partial charge in [-0.25, -0.2) is 0 Å². The van der Waals surface area contributed by atoms with Crippen LogP contribution in [0.5, 0.6) is 0 Å². The van der Waals surface area contributed by atoms with E-state index in [0.717, 1.165) is 12.8 Å². The molecule has 0 atom stereocenters. The van der Waals surface area contributed by atoms with Crippen molar-refractivity contribution in [1.82, 2.24) is 0 Å². The summed E-state index contributed by atoms with van der Waals surface area (Å²) in [5, 5.41) is 0. The molecule has 0 aromatic rings. The molecule has 0 aromatic carbocycles. The molecular formula is C9H14O. The van der Waals surface area contributed by atoms with E-state index in [1.165, 1.54) is 32.1 Å². The molecule has 2 rings (SSSR count). The average Bonchev–Trinajstić information content (AvgIpc) is 1.87. The summed E-state index contributed by atoms with van der Waals surface area (Å²) in [5.41, 5.74) is 0.523. The molecule has 1 heteroatoms. The maximum atomic E-state index is 10.8. The van der Waals surface area contributed by atoms with Crippen LogP contribution < -0.4 is 0 Å². The minimum absolute atomic E-state index is 0.502. The fraction of sp³-hybridized carbons (Fsp3) is 0.889. The van der Waals surface area contributed by atoms with Crippen molar-refractivity contribution in [3.05, 3.63) is 0 Å². The average molecular weight is 138 g/mol. The Morgan fingerprint density at radius 3 is 2.10 bits per heavy atom. The van der Waals surface area contributed by atoms with E-state index >= 15 is 0 Å². The zero-order chi connectivity index (χ0) is 7.03. The van der Waals surface area contributed by atoms with Crippen LogP contribution in [0, 0.1) is 5.41 Å². The molecule has 0 heterocycles. The van der Waals surface area contributed by atoms with Crippen LogP contribution in [0.2, 0.25) is 0 Å². The van der Waals surface area contributed by atoms with Gasteiger partial charge in [-0.2, -0.15) is 0 Å². The maximum absolute atomic E-state index is 10.8. The molecule has 0 aliphatic heterocycles. The summed E-state index contributed by atoms with van der Waals surface area (Å²) in [7, 11) is 0. The molecule has 56 valence electrons. The summed E-state index contributed by atoms with van der Waals surface area (Å²) < 4.78 is 0. The highest BCUT2D eigenvalue weighted by molar-refractivity contribution is 5.86. The van der Waals surface area contributed by atoms with Crippen molar-refractivity contribution in [1.29, 1.82) is 0 Å². The fourth-order valence-electron chi connectivity index (χ4n) is 2.44. The predicted octanol–water partition coefficient (Wildman–Crippen LogP) is 2.30. The third-order valence-electron chi connectivity index (χ3n) is 3.06. The predicted molar refractivity (Wildman–Crippen MR) is 39.8 cm³/mol. The number of hydrogen-bond donors (Lipinski definition) is 0. The smallest absolute Gasteiger partial charge is 0.134 e. The first-order valence-corrected chi connectivity index (χ1v) is 4.33. The molecule has 10 heavy (non-hydrogen) atoms. The lowest BCUT2D eigenvalue weighted by molar-refractivity contribution is -0.134. The molecule has 0 radical (unpaired) electrons. The Morgan fingerprint density at radius 1 is 1.00 bits per heavy atom. The van der Waals surface area contributed by atoms with E-state index in [0.29, 0.717) is 11.2 Å². The van der Waals surface area contributed by atoms with Crippen molar-refractivity contribution >= 4 is 5.78 Å². The molecule has 2 aliphatic rings. The maximum Gasteiger partial charge on any atom is 0.134 e. The Bertz CT molecular complexity index is 144. The Morgan fingerprint density at radius 2 is 1.60 bits per heavy atom. The van der Waals surface area contributed by atoms with Gasteiger partial charge in [-0.3, -0.25) is 4.79 Å². The van der Waals surface area contributed by atoms with E-state index in [9.17, 15) is 4.79 Å². The summed E-state index contributed by atoms with van der Waals surface area (Å²) in [6.45, 7) is 0. The Labute approximate surface area is 61.8 Å². The molecule has 0 amide bonds. The first-order valence-electron chi connectivity index (χ1n) is 4.33. The van der Waals surface area contributed by atoms with Crippen LogP contribution in [-0.2, 0) is 4.79 Å². The van der Waals surface area contributed by atoms with Crippen LogP contribution in [0.1, 0.15) is 44.9 Å². The van der Waals surface area contributed by atoms with Gasteiger partial charge in [0.05, 0.1) is 0 Å². The number of Topliss-reactive ketones (excluding diaryl/α,β-unsaturated/α-hetero) is 1. The zero-order valence-electron chi connectivity index (χ0n) is 6.36. The van der Waals surface area contributed by atoms with Crippen LogP contribution in [0.3, 0.4) is 0 Å². The molecule has 0 unspecified atom stereocenters. The molecule has 0 aromatic heterocycles. The third-order valence-corrected chi connectivity index (χ3v) is 3.06. The SMILES string of the molecule is O=C1CC2(CCCCC2)C1. The highest BCUT2D eigenvalue weighted by Crippen LogP contribution is 2.49. The first kappa shape index (κ1) is 6.38. The minimum atomic E-state index is 0.502. The van der Waals surface area contributed by atoms with Gasteiger partial charge in [-0.1, -0.05) is 19.3 Å². The normalized spacial score (nSPS) is 30.2. The summed E-state index contributed by atoms with van der Waals surface area (Å²) in [5.74, 6) is 0.502. The third kappa shape index (κ3) is 0.882. The quantitative estimate of drug-likeness (QED) is 0.502. The second-order valence-corrected chi connectivity index (χ2v) is 3.95. The number of carbonyl (C=O) groups is 1. The summed E-state index contributed by atoms with van der Waals surface area (Å²) in [4.78, 5) is 10.8. The largest absolute Gasteiger partial charge is 0.300 e. The Kier molecular flexibility index (Phi) is 1.33. The van der Waals surface area contributed by atoms with Crippen molar-refractivity contribution in [2.24, 2.45) is 5.41 Å². The summed E-state index contributed by atoms with van der Waals surface area (Å²) >= 11 is 0. The topological polar surface area (TPSA) is 17.1 Å². The van der Waals surface area contributed by atoms with Gasteiger partial charge in [0.25, 0.3) is 0 Å². The molecule has 1 nitrogen and oxygen atoms in total. The van der Waals surface area contributed by atoms with Crippen LogP contribution in [0.4, 0.5) is 0 Å². The molecule has 2 saturated carbocycles. The highest BCUT2D eigenvalue weighted by Gasteiger charge is 2.43. The minimum Gasteiger partial charge on any atom is -0.300 e. The van der Waals surface area contributed by atoms with E-state index in [4.69, 9.17) is 0 Å². The number of carbonyl (C=O) groups excluding carboxylic acids is 1. The van der Waals surface area contributed by atoms with E-state index in [1.54, 1.807) is 0 Å². The molecule has 1 spiro atoms. The summed E-state index contributed by atoms with van der Waals surface area (Å²) in [6, 6.07) is 0. The lowest BCUT2D eigenvalue weighted by Crippen LogP contribution is -2.38. The molecular weight excluding hydrogens is 124 g/mol. The van der Waals surface area contributed by atoms with E-state index in [2.05, 4.69) is 0 Å². The Hall–Kier alpha value is -0.330. The first-order chi connectivity index (χ1) is 4.81. The van der Waals surface area contributed by atoms with E-state index in [1.807, 2.05) is 0 Å². The highest BCUT2D eigenvalue weighted by atomic mass is 16.1. The van der Waals surface area contributed by atoms with Gasteiger partial charge in [0.1, 0.15) is 5.78 Å². The van der Waals surface area contributed by atoms with Crippen LogP contribution in [0.25, 0.3) is 0 Å². The lowest BCUT2D eigenvalue weighted by Gasteiger charge is -2.43.